The number of amides is 1. The van der Waals surface area contributed by atoms with Gasteiger partial charge in [0, 0.05) is 28.4 Å². The van der Waals surface area contributed by atoms with Crippen LogP contribution in [-0.4, -0.2) is 18.8 Å². The highest BCUT2D eigenvalue weighted by Gasteiger charge is 2.05. The lowest BCUT2D eigenvalue weighted by molar-refractivity contribution is -0.115. The molecule has 0 fully saturated rings. The third-order valence-corrected chi connectivity index (χ3v) is 3.91. The van der Waals surface area contributed by atoms with Crippen LogP contribution in [0.15, 0.2) is 53.4 Å². The van der Waals surface area contributed by atoms with Crippen molar-refractivity contribution < 1.29 is 9.53 Å². The summed E-state index contributed by atoms with van der Waals surface area (Å²) in [6.07, 6.45) is 0.438. The highest BCUT2D eigenvalue weighted by Crippen LogP contribution is 2.29. The summed E-state index contributed by atoms with van der Waals surface area (Å²) in [7, 11) is 1.65. The van der Waals surface area contributed by atoms with Crippen molar-refractivity contribution in [2.24, 2.45) is 0 Å². The molecular formula is C16H18N2O2S. The van der Waals surface area contributed by atoms with E-state index in [9.17, 15) is 4.79 Å². The molecule has 0 aliphatic heterocycles. The Morgan fingerprint density at radius 2 is 1.90 bits per heavy atom. The summed E-state index contributed by atoms with van der Waals surface area (Å²) in [5.41, 5.74) is 7.04. The topological polar surface area (TPSA) is 64.3 Å². The summed E-state index contributed by atoms with van der Waals surface area (Å²) < 4.78 is 5.28. The molecule has 0 aliphatic rings. The first-order chi connectivity index (χ1) is 10.2. The van der Waals surface area contributed by atoms with Crippen LogP contribution in [0.4, 0.5) is 11.4 Å². The number of rotatable bonds is 6. The van der Waals surface area contributed by atoms with Crippen molar-refractivity contribution in [1.82, 2.24) is 0 Å². The number of carbonyl (C=O) groups is 1. The standard InChI is InChI=1S/C16H18N2O2S/c1-20-14-4-2-3-5-15(14)21-11-10-16(19)18-13-8-6-12(17)7-9-13/h2-9H,10-11,17H2,1H3,(H,18,19). The molecule has 0 atom stereocenters. The summed E-state index contributed by atoms with van der Waals surface area (Å²) in [4.78, 5) is 12.9. The van der Waals surface area contributed by atoms with E-state index in [1.807, 2.05) is 24.3 Å². The summed E-state index contributed by atoms with van der Waals surface area (Å²) in [5.74, 6) is 1.52. The SMILES string of the molecule is COc1ccccc1SCCC(=O)Nc1ccc(N)cc1. The van der Waals surface area contributed by atoms with Crippen LogP contribution in [0.2, 0.25) is 0 Å². The number of methoxy groups -OCH3 is 1. The number of carbonyl (C=O) groups excluding carboxylic acids is 1. The monoisotopic (exact) mass is 302 g/mol. The lowest BCUT2D eigenvalue weighted by Gasteiger charge is -2.08. The Balaban J connectivity index is 1.80. The number of hydrogen-bond acceptors (Lipinski definition) is 4. The third kappa shape index (κ3) is 4.72. The molecule has 0 aromatic heterocycles. The second-order valence-corrected chi connectivity index (χ2v) is 5.56. The van der Waals surface area contributed by atoms with Crippen LogP contribution in [0, 0.1) is 0 Å². The van der Waals surface area contributed by atoms with Crippen LogP contribution in [0.5, 0.6) is 5.75 Å². The van der Waals surface area contributed by atoms with Gasteiger partial charge in [0.2, 0.25) is 5.91 Å². The van der Waals surface area contributed by atoms with Gasteiger partial charge in [0.25, 0.3) is 0 Å². The Bertz CT molecular complexity index is 599. The molecule has 0 bridgehead atoms. The second kappa shape index (κ2) is 7.59. The van der Waals surface area contributed by atoms with Crippen LogP contribution in [0.3, 0.4) is 0 Å². The first-order valence-electron chi connectivity index (χ1n) is 6.60. The van der Waals surface area contributed by atoms with Gasteiger partial charge in [-0.1, -0.05) is 12.1 Å². The number of nitrogens with two attached hydrogens (primary N) is 1. The molecule has 21 heavy (non-hydrogen) atoms. The third-order valence-electron chi connectivity index (χ3n) is 2.85. The molecule has 5 heteroatoms. The maximum absolute atomic E-state index is 11.9. The molecule has 2 aromatic carbocycles. The molecule has 4 nitrogen and oxygen atoms in total. The van der Waals surface area contributed by atoms with Gasteiger partial charge in [0.05, 0.1) is 7.11 Å². The minimum absolute atomic E-state index is 0.0119. The largest absolute Gasteiger partial charge is 0.496 e. The van der Waals surface area contributed by atoms with Crippen LogP contribution in [0.1, 0.15) is 6.42 Å². The predicted octanol–water partition coefficient (Wildman–Crippen LogP) is 3.40. The van der Waals surface area contributed by atoms with Gasteiger partial charge in [0.15, 0.2) is 0 Å². The molecule has 0 unspecified atom stereocenters. The maximum Gasteiger partial charge on any atom is 0.225 e. The van der Waals surface area contributed by atoms with Gasteiger partial charge >= 0.3 is 0 Å². The Labute approximate surface area is 128 Å². The van der Waals surface area contributed by atoms with E-state index in [0.29, 0.717) is 17.9 Å². The molecule has 1 amide bonds. The minimum atomic E-state index is -0.0119. The molecule has 2 aromatic rings. The fraction of sp³-hybridized carbons (Fsp3) is 0.188. The number of anilines is 2. The average molecular weight is 302 g/mol. The van der Waals surface area contributed by atoms with E-state index in [1.54, 1.807) is 43.1 Å². The smallest absolute Gasteiger partial charge is 0.225 e. The van der Waals surface area contributed by atoms with E-state index < -0.39 is 0 Å². The first-order valence-corrected chi connectivity index (χ1v) is 7.59. The number of hydrogen-bond donors (Lipinski definition) is 2. The highest BCUT2D eigenvalue weighted by atomic mass is 32.2. The molecule has 0 radical (unpaired) electrons. The van der Waals surface area contributed by atoms with E-state index in [0.717, 1.165) is 16.3 Å². The molecule has 0 saturated heterocycles. The number of para-hydroxylation sites is 1. The summed E-state index contributed by atoms with van der Waals surface area (Å²) >= 11 is 1.61. The zero-order valence-electron chi connectivity index (χ0n) is 11.8. The Kier molecular flexibility index (Phi) is 5.51. The predicted molar refractivity (Wildman–Crippen MR) is 87.8 cm³/mol. The highest BCUT2D eigenvalue weighted by molar-refractivity contribution is 7.99. The van der Waals surface area contributed by atoms with Crippen molar-refractivity contribution in [2.45, 2.75) is 11.3 Å². The van der Waals surface area contributed by atoms with Gasteiger partial charge < -0.3 is 15.8 Å². The molecular weight excluding hydrogens is 284 g/mol. The minimum Gasteiger partial charge on any atom is -0.496 e. The summed E-state index contributed by atoms with van der Waals surface area (Å²) in [6.45, 7) is 0. The van der Waals surface area contributed by atoms with Crippen LogP contribution in [0.25, 0.3) is 0 Å². The van der Waals surface area contributed by atoms with Crippen molar-refractivity contribution >= 4 is 29.0 Å². The maximum atomic E-state index is 11.9. The lowest BCUT2D eigenvalue weighted by Crippen LogP contribution is -2.12. The molecule has 0 spiro atoms. The Morgan fingerprint density at radius 1 is 1.19 bits per heavy atom. The van der Waals surface area contributed by atoms with E-state index in [2.05, 4.69) is 5.32 Å². The average Bonchev–Trinajstić information content (AvgIpc) is 2.50. The van der Waals surface area contributed by atoms with Crippen molar-refractivity contribution in [3.8, 4) is 5.75 Å². The molecule has 0 saturated carbocycles. The normalized spacial score (nSPS) is 10.1. The van der Waals surface area contributed by atoms with Crippen molar-refractivity contribution in [2.75, 3.05) is 23.9 Å². The van der Waals surface area contributed by atoms with Gasteiger partial charge in [-0.3, -0.25) is 4.79 Å². The number of benzene rings is 2. The molecule has 2 rings (SSSR count). The van der Waals surface area contributed by atoms with Crippen LogP contribution < -0.4 is 15.8 Å². The lowest BCUT2D eigenvalue weighted by atomic mass is 10.3. The fourth-order valence-corrected chi connectivity index (χ4v) is 2.76. The summed E-state index contributed by atoms with van der Waals surface area (Å²) in [6, 6.07) is 14.9. The Morgan fingerprint density at radius 3 is 2.62 bits per heavy atom. The van der Waals surface area contributed by atoms with Gasteiger partial charge in [0.1, 0.15) is 5.75 Å². The molecule has 110 valence electrons. The van der Waals surface area contributed by atoms with E-state index in [1.165, 1.54) is 0 Å². The fourth-order valence-electron chi connectivity index (χ4n) is 1.78. The zero-order valence-corrected chi connectivity index (χ0v) is 12.7. The van der Waals surface area contributed by atoms with Gasteiger partial charge in [-0.2, -0.15) is 0 Å². The van der Waals surface area contributed by atoms with Crippen molar-refractivity contribution in [1.29, 1.82) is 0 Å². The van der Waals surface area contributed by atoms with Crippen LogP contribution >= 0.6 is 11.8 Å². The molecule has 0 aliphatic carbocycles. The van der Waals surface area contributed by atoms with Gasteiger partial charge in [-0.15, -0.1) is 11.8 Å². The molecule has 3 N–H and O–H groups in total. The Hall–Kier alpha value is -2.14. The van der Waals surface area contributed by atoms with E-state index in [4.69, 9.17) is 10.5 Å². The summed E-state index contributed by atoms with van der Waals surface area (Å²) in [5, 5.41) is 2.84. The van der Waals surface area contributed by atoms with Crippen molar-refractivity contribution in [3.05, 3.63) is 48.5 Å². The number of nitrogen functional groups attached to an aromatic ring is 1. The van der Waals surface area contributed by atoms with E-state index in [-0.39, 0.29) is 5.91 Å². The quantitative estimate of drug-likeness (QED) is 0.634. The number of nitrogens with one attached hydrogen (secondary N) is 1. The van der Waals surface area contributed by atoms with Gasteiger partial charge in [-0.25, -0.2) is 0 Å². The van der Waals surface area contributed by atoms with E-state index >= 15 is 0 Å². The second-order valence-electron chi connectivity index (χ2n) is 4.42. The zero-order chi connectivity index (χ0) is 15.1. The van der Waals surface area contributed by atoms with Gasteiger partial charge in [-0.05, 0) is 36.4 Å². The number of thioether (sulfide) groups is 1. The molecule has 0 heterocycles. The number of ether oxygens (including phenoxy) is 1. The van der Waals surface area contributed by atoms with Crippen LogP contribution in [-0.2, 0) is 4.79 Å². The first kappa shape index (κ1) is 15.3. The van der Waals surface area contributed by atoms with Crippen molar-refractivity contribution in [3.63, 3.8) is 0 Å².